The Morgan fingerprint density at radius 3 is 2.92 bits per heavy atom. The van der Waals surface area contributed by atoms with E-state index in [1.807, 2.05) is 42.5 Å². The van der Waals surface area contributed by atoms with Crippen LogP contribution in [-0.4, -0.2) is 50.7 Å². The zero-order chi connectivity index (χ0) is 17.8. The van der Waals surface area contributed by atoms with Gasteiger partial charge in [0.05, 0.1) is 17.6 Å². The van der Waals surface area contributed by atoms with Gasteiger partial charge in [0.25, 0.3) is 0 Å². The van der Waals surface area contributed by atoms with Crippen molar-refractivity contribution in [2.24, 2.45) is 0 Å². The molecule has 1 aromatic carbocycles. The molecular formula is C18H19N5O2S. The summed E-state index contributed by atoms with van der Waals surface area (Å²) in [6.45, 7) is 1.35. The lowest BCUT2D eigenvalue weighted by Crippen LogP contribution is -2.32. The smallest absolute Gasteiger partial charge is 0.230 e. The standard InChI is InChI=1S/C18H19N5O2S/c24-17(19-11-14-7-4-10-25-14)12-26-18-21-20-16-9-8-15(22-23(16)18)13-5-2-1-3-6-13/h1-3,5-6,8-9,14H,4,7,10-12H2,(H,19,24)/t14-/m1/s1. The second-order valence-electron chi connectivity index (χ2n) is 6.06. The van der Waals surface area contributed by atoms with Crippen molar-refractivity contribution >= 4 is 23.3 Å². The lowest BCUT2D eigenvalue weighted by Gasteiger charge is -2.10. The lowest BCUT2D eigenvalue weighted by atomic mass is 10.1. The van der Waals surface area contributed by atoms with Gasteiger partial charge in [-0.05, 0) is 25.0 Å². The molecule has 1 aliphatic rings. The van der Waals surface area contributed by atoms with E-state index in [1.54, 1.807) is 4.52 Å². The maximum absolute atomic E-state index is 12.1. The Hall–Kier alpha value is -2.45. The van der Waals surface area contributed by atoms with Crippen LogP contribution in [0.25, 0.3) is 16.9 Å². The summed E-state index contributed by atoms with van der Waals surface area (Å²) in [6.07, 6.45) is 2.22. The number of benzene rings is 1. The second-order valence-corrected chi connectivity index (χ2v) is 7.01. The molecule has 3 aromatic rings. The summed E-state index contributed by atoms with van der Waals surface area (Å²) in [7, 11) is 0. The summed E-state index contributed by atoms with van der Waals surface area (Å²) in [4.78, 5) is 12.1. The van der Waals surface area contributed by atoms with Crippen molar-refractivity contribution < 1.29 is 9.53 Å². The van der Waals surface area contributed by atoms with Crippen LogP contribution in [0.1, 0.15) is 12.8 Å². The van der Waals surface area contributed by atoms with Gasteiger partial charge in [0.15, 0.2) is 5.65 Å². The summed E-state index contributed by atoms with van der Waals surface area (Å²) in [5.41, 5.74) is 2.52. The van der Waals surface area contributed by atoms with Gasteiger partial charge in [-0.15, -0.1) is 10.2 Å². The molecule has 26 heavy (non-hydrogen) atoms. The number of thioether (sulfide) groups is 1. The first kappa shape index (κ1) is 17.0. The third-order valence-corrected chi connectivity index (χ3v) is 5.11. The first-order valence-electron chi connectivity index (χ1n) is 8.58. The number of rotatable bonds is 6. The molecule has 3 heterocycles. The highest BCUT2D eigenvalue weighted by Crippen LogP contribution is 2.20. The van der Waals surface area contributed by atoms with Gasteiger partial charge in [-0.3, -0.25) is 4.79 Å². The predicted octanol–water partition coefficient (Wildman–Crippen LogP) is 2.18. The van der Waals surface area contributed by atoms with Gasteiger partial charge in [0.2, 0.25) is 11.1 Å². The predicted molar refractivity (Wildman–Crippen MR) is 98.9 cm³/mol. The van der Waals surface area contributed by atoms with E-state index in [9.17, 15) is 4.79 Å². The van der Waals surface area contributed by atoms with E-state index in [0.29, 0.717) is 17.3 Å². The van der Waals surface area contributed by atoms with E-state index in [1.165, 1.54) is 11.8 Å². The van der Waals surface area contributed by atoms with E-state index in [-0.39, 0.29) is 17.8 Å². The van der Waals surface area contributed by atoms with Crippen molar-refractivity contribution in [3.63, 3.8) is 0 Å². The monoisotopic (exact) mass is 369 g/mol. The van der Waals surface area contributed by atoms with Gasteiger partial charge < -0.3 is 10.1 Å². The third-order valence-electron chi connectivity index (χ3n) is 4.19. The van der Waals surface area contributed by atoms with Gasteiger partial charge in [0, 0.05) is 18.7 Å². The number of fused-ring (bicyclic) bond motifs is 1. The van der Waals surface area contributed by atoms with Gasteiger partial charge in [-0.1, -0.05) is 42.1 Å². The molecule has 0 bridgehead atoms. The number of ether oxygens (including phenoxy) is 1. The Morgan fingerprint density at radius 2 is 2.12 bits per heavy atom. The Kier molecular flexibility index (Phi) is 5.12. The van der Waals surface area contributed by atoms with Crippen LogP contribution in [0.2, 0.25) is 0 Å². The molecule has 1 aliphatic heterocycles. The Morgan fingerprint density at radius 1 is 1.23 bits per heavy atom. The molecule has 0 saturated carbocycles. The van der Waals surface area contributed by atoms with Crippen molar-refractivity contribution in [1.82, 2.24) is 25.1 Å². The topological polar surface area (TPSA) is 81.4 Å². The van der Waals surface area contributed by atoms with E-state index in [2.05, 4.69) is 20.6 Å². The number of carbonyl (C=O) groups excluding carboxylic acids is 1. The summed E-state index contributed by atoms with van der Waals surface area (Å²) < 4.78 is 7.19. The second kappa shape index (κ2) is 7.84. The van der Waals surface area contributed by atoms with Crippen molar-refractivity contribution in [1.29, 1.82) is 0 Å². The van der Waals surface area contributed by atoms with Crippen LogP contribution in [0, 0.1) is 0 Å². The number of aromatic nitrogens is 4. The van der Waals surface area contributed by atoms with Crippen LogP contribution in [0.15, 0.2) is 47.6 Å². The SMILES string of the molecule is O=C(CSc1nnc2ccc(-c3ccccc3)nn12)NC[C@H]1CCCO1. The molecule has 4 rings (SSSR count). The average molecular weight is 369 g/mol. The molecule has 7 nitrogen and oxygen atoms in total. The minimum absolute atomic E-state index is 0.0403. The molecule has 134 valence electrons. The van der Waals surface area contributed by atoms with Gasteiger partial charge in [-0.2, -0.15) is 9.61 Å². The largest absolute Gasteiger partial charge is 0.376 e. The molecule has 1 N–H and O–H groups in total. The number of nitrogens with one attached hydrogen (secondary N) is 1. The Labute approximate surface area is 155 Å². The van der Waals surface area contributed by atoms with E-state index in [4.69, 9.17) is 4.74 Å². The zero-order valence-corrected chi connectivity index (χ0v) is 15.0. The van der Waals surface area contributed by atoms with Crippen LogP contribution >= 0.6 is 11.8 Å². The lowest BCUT2D eigenvalue weighted by molar-refractivity contribution is -0.119. The quantitative estimate of drug-likeness (QED) is 0.671. The van der Waals surface area contributed by atoms with Gasteiger partial charge >= 0.3 is 0 Å². The number of amides is 1. The molecule has 8 heteroatoms. The molecular weight excluding hydrogens is 350 g/mol. The zero-order valence-electron chi connectivity index (χ0n) is 14.2. The van der Waals surface area contributed by atoms with Gasteiger partial charge in [0.1, 0.15) is 0 Å². The van der Waals surface area contributed by atoms with Crippen LogP contribution in [-0.2, 0) is 9.53 Å². The highest BCUT2D eigenvalue weighted by atomic mass is 32.2. The molecule has 1 atom stereocenters. The Bertz CT molecular complexity index is 893. The fourth-order valence-electron chi connectivity index (χ4n) is 2.84. The molecule has 0 spiro atoms. The van der Waals surface area contributed by atoms with Crippen molar-refractivity contribution in [2.75, 3.05) is 18.9 Å². The molecule has 0 unspecified atom stereocenters. The van der Waals surface area contributed by atoms with Crippen LogP contribution in [0.4, 0.5) is 0 Å². The fraction of sp³-hybridized carbons (Fsp3) is 0.333. The third kappa shape index (κ3) is 3.86. The van der Waals surface area contributed by atoms with Gasteiger partial charge in [-0.25, -0.2) is 0 Å². The number of hydrogen-bond donors (Lipinski definition) is 1. The molecule has 1 saturated heterocycles. The average Bonchev–Trinajstić information content (AvgIpc) is 3.35. The fourth-order valence-corrected chi connectivity index (χ4v) is 3.55. The molecule has 2 aromatic heterocycles. The molecule has 1 amide bonds. The summed E-state index contributed by atoms with van der Waals surface area (Å²) in [5.74, 6) is 0.228. The van der Waals surface area contributed by atoms with E-state index >= 15 is 0 Å². The molecule has 0 aliphatic carbocycles. The maximum atomic E-state index is 12.1. The normalized spacial score (nSPS) is 16.8. The number of hydrogen-bond acceptors (Lipinski definition) is 6. The van der Waals surface area contributed by atoms with E-state index in [0.717, 1.165) is 30.7 Å². The van der Waals surface area contributed by atoms with Crippen LogP contribution < -0.4 is 5.32 Å². The summed E-state index contributed by atoms with van der Waals surface area (Å²) in [6, 6.07) is 13.7. The summed E-state index contributed by atoms with van der Waals surface area (Å²) in [5, 5.41) is 16.4. The first-order valence-corrected chi connectivity index (χ1v) is 9.57. The molecule has 1 fully saturated rings. The van der Waals surface area contributed by atoms with Crippen molar-refractivity contribution in [2.45, 2.75) is 24.1 Å². The highest BCUT2D eigenvalue weighted by molar-refractivity contribution is 7.99. The van der Waals surface area contributed by atoms with Crippen LogP contribution in [0.5, 0.6) is 0 Å². The number of nitrogens with zero attached hydrogens (tertiary/aromatic N) is 4. The molecule has 0 radical (unpaired) electrons. The first-order chi connectivity index (χ1) is 12.8. The maximum Gasteiger partial charge on any atom is 0.230 e. The number of carbonyl (C=O) groups is 1. The summed E-state index contributed by atoms with van der Waals surface area (Å²) >= 11 is 1.33. The van der Waals surface area contributed by atoms with Crippen molar-refractivity contribution in [3.05, 3.63) is 42.5 Å². The minimum Gasteiger partial charge on any atom is -0.376 e. The minimum atomic E-state index is -0.0403. The highest BCUT2D eigenvalue weighted by Gasteiger charge is 2.17. The Balaban J connectivity index is 1.42. The van der Waals surface area contributed by atoms with Crippen molar-refractivity contribution in [3.8, 4) is 11.3 Å². The van der Waals surface area contributed by atoms with E-state index < -0.39 is 0 Å². The van der Waals surface area contributed by atoms with Crippen LogP contribution in [0.3, 0.4) is 0 Å².